The molecule has 106 valence electrons. The predicted molar refractivity (Wildman–Crippen MR) is 68.6 cm³/mol. The molecule has 0 aliphatic carbocycles. The molecule has 19 heavy (non-hydrogen) atoms. The van der Waals surface area contributed by atoms with Crippen molar-refractivity contribution in [1.82, 2.24) is 20.3 Å². The van der Waals surface area contributed by atoms with E-state index in [0.29, 0.717) is 0 Å². The summed E-state index contributed by atoms with van der Waals surface area (Å²) < 4.78 is 6.51. The summed E-state index contributed by atoms with van der Waals surface area (Å²) in [6.45, 7) is 8.75. The molecule has 0 radical (unpaired) electrons. The third-order valence-electron chi connectivity index (χ3n) is 2.19. The fourth-order valence-corrected chi connectivity index (χ4v) is 1.33. The molecule has 0 aromatic carbocycles. The maximum Gasteiger partial charge on any atom is 0.408 e. The molecule has 1 rings (SSSR count). The molecule has 1 aromatic heterocycles. The standard InChI is InChI=1S/C12H20N4O3/c1-8-6-16(15-14-8)7-10(17)9(2)13-11(18)19-12(3,4)5/h6,9H,7H2,1-5H3,(H,13,18)/t9-/m0/s1. The molecule has 0 fully saturated rings. The highest BCUT2D eigenvalue weighted by Crippen LogP contribution is 2.06. The smallest absolute Gasteiger partial charge is 0.408 e. The first-order valence-corrected chi connectivity index (χ1v) is 6.06. The van der Waals surface area contributed by atoms with Gasteiger partial charge in [0.25, 0.3) is 0 Å². The molecule has 0 saturated heterocycles. The summed E-state index contributed by atoms with van der Waals surface area (Å²) in [7, 11) is 0. The summed E-state index contributed by atoms with van der Waals surface area (Å²) in [4.78, 5) is 23.4. The Kier molecular flexibility index (Phi) is 4.63. The predicted octanol–water partition coefficient (Wildman–Crippen LogP) is 1.07. The lowest BCUT2D eigenvalue weighted by Gasteiger charge is -2.21. The van der Waals surface area contributed by atoms with E-state index in [9.17, 15) is 9.59 Å². The van der Waals surface area contributed by atoms with Gasteiger partial charge in [0, 0.05) is 6.20 Å². The fraction of sp³-hybridized carbons (Fsp3) is 0.667. The number of Topliss-reactive ketones (excluding diaryl/α,β-unsaturated/α-hetero) is 1. The number of ketones is 1. The van der Waals surface area contributed by atoms with E-state index < -0.39 is 17.7 Å². The second-order valence-corrected chi connectivity index (χ2v) is 5.39. The number of carbonyl (C=O) groups is 2. The van der Waals surface area contributed by atoms with Gasteiger partial charge in [-0.3, -0.25) is 4.79 Å². The monoisotopic (exact) mass is 268 g/mol. The Morgan fingerprint density at radius 1 is 1.47 bits per heavy atom. The minimum absolute atomic E-state index is 0.0673. The van der Waals surface area contributed by atoms with Crippen LogP contribution in [0.3, 0.4) is 0 Å². The zero-order chi connectivity index (χ0) is 14.6. The SMILES string of the molecule is Cc1cn(CC(=O)[C@H](C)NC(=O)OC(C)(C)C)nn1. The van der Waals surface area contributed by atoms with Crippen molar-refractivity contribution in [2.45, 2.75) is 52.8 Å². The van der Waals surface area contributed by atoms with Gasteiger partial charge in [-0.25, -0.2) is 9.48 Å². The van der Waals surface area contributed by atoms with Crippen LogP contribution in [0.5, 0.6) is 0 Å². The summed E-state index contributed by atoms with van der Waals surface area (Å²) in [6, 6.07) is -0.639. The third kappa shape index (κ3) is 5.50. The molecule has 0 aliphatic rings. The van der Waals surface area contributed by atoms with Crippen molar-refractivity contribution >= 4 is 11.9 Å². The molecule has 0 unspecified atom stereocenters. The second-order valence-electron chi connectivity index (χ2n) is 5.39. The average molecular weight is 268 g/mol. The summed E-state index contributed by atoms with van der Waals surface area (Å²) in [5.74, 6) is -0.171. The summed E-state index contributed by atoms with van der Waals surface area (Å²) in [6.07, 6.45) is 1.06. The van der Waals surface area contributed by atoms with Gasteiger partial charge < -0.3 is 10.1 Å². The molecule has 7 heteroatoms. The van der Waals surface area contributed by atoms with Crippen LogP contribution in [0.2, 0.25) is 0 Å². The normalized spacial score (nSPS) is 12.9. The van der Waals surface area contributed by atoms with Gasteiger partial charge in [0.05, 0.1) is 11.7 Å². The molecule has 0 spiro atoms. The Bertz CT molecular complexity index is 462. The number of alkyl carbamates (subject to hydrolysis) is 1. The molecule has 1 heterocycles. The molecule has 7 nitrogen and oxygen atoms in total. The Balaban J connectivity index is 2.47. The van der Waals surface area contributed by atoms with Crippen LogP contribution in [0.25, 0.3) is 0 Å². The molecule has 0 saturated carbocycles. The molecule has 1 atom stereocenters. The van der Waals surface area contributed by atoms with E-state index in [-0.39, 0.29) is 12.3 Å². The van der Waals surface area contributed by atoms with Gasteiger partial charge in [0.1, 0.15) is 12.1 Å². The number of ether oxygens (including phenoxy) is 1. The van der Waals surface area contributed by atoms with E-state index in [1.54, 1.807) is 40.8 Å². The maximum absolute atomic E-state index is 11.9. The second kappa shape index (κ2) is 5.81. The fourth-order valence-electron chi connectivity index (χ4n) is 1.33. The van der Waals surface area contributed by atoms with Crippen LogP contribution >= 0.6 is 0 Å². The van der Waals surface area contributed by atoms with E-state index in [2.05, 4.69) is 15.6 Å². The Morgan fingerprint density at radius 3 is 2.58 bits per heavy atom. The molecule has 1 aromatic rings. The zero-order valence-corrected chi connectivity index (χ0v) is 11.9. The number of amides is 1. The van der Waals surface area contributed by atoms with Crippen LogP contribution in [0, 0.1) is 6.92 Å². The minimum atomic E-state index is -0.639. The van der Waals surface area contributed by atoms with Crippen molar-refractivity contribution in [2.24, 2.45) is 0 Å². The Labute approximate surface area is 112 Å². The number of hydrogen-bond acceptors (Lipinski definition) is 5. The molecular weight excluding hydrogens is 248 g/mol. The quantitative estimate of drug-likeness (QED) is 0.882. The number of nitrogens with one attached hydrogen (secondary N) is 1. The van der Waals surface area contributed by atoms with Crippen molar-refractivity contribution in [2.75, 3.05) is 0 Å². The van der Waals surface area contributed by atoms with Crippen LogP contribution in [0.4, 0.5) is 4.79 Å². The molecular formula is C12H20N4O3. The first-order chi connectivity index (χ1) is 8.67. The van der Waals surface area contributed by atoms with Crippen molar-refractivity contribution < 1.29 is 14.3 Å². The minimum Gasteiger partial charge on any atom is -0.444 e. The topological polar surface area (TPSA) is 86.1 Å². The van der Waals surface area contributed by atoms with Gasteiger partial charge in [-0.1, -0.05) is 5.21 Å². The maximum atomic E-state index is 11.9. The summed E-state index contributed by atoms with van der Waals surface area (Å²) in [5, 5.41) is 10.1. The number of hydrogen-bond donors (Lipinski definition) is 1. The van der Waals surface area contributed by atoms with E-state index in [0.717, 1.165) is 5.69 Å². The van der Waals surface area contributed by atoms with E-state index >= 15 is 0 Å². The highest BCUT2D eigenvalue weighted by atomic mass is 16.6. The van der Waals surface area contributed by atoms with Crippen LogP contribution in [0.1, 0.15) is 33.4 Å². The molecule has 1 amide bonds. The van der Waals surface area contributed by atoms with E-state index in [4.69, 9.17) is 4.74 Å². The van der Waals surface area contributed by atoms with E-state index in [1.165, 1.54) is 4.68 Å². The summed E-state index contributed by atoms with van der Waals surface area (Å²) >= 11 is 0. The highest BCUT2D eigenvalue weighted by Gasteiger charge is 2.21. The van der Waals surface area contributed by atoms with Gasteiger partial charge in [0.15, 0.2) is 5.78 Å². The third-order valence-corrected chi connectivity index (χ3v) is 2.19. The zero-order valence-electron chi connectivity index (χ0n) is 11.9. The van der Waals surface area contributed by atoms with Gasteiger partial charge in [0.2, 0.25) is 0 Å². The lowest BCUT2D eigenvalue weighted by molar-refractivity contribution is -0.121. The highest BCUT2D eigenvalue weighted by molar-refractivity contribution is 5.86. The lowest BCUT2D eigenvalue weighted by atomic mass is 10.2. The Hall–Kier alpha value is -1.92. The number of aromatic nitrogens is 3. The van der Waals surface area contributed by atoms with Crippen molar-refractivity contribution in [1.29, 1.82) is 0 Å². The van der Waals surface area contributed by atoms with Crippen molar-refractivity contribution in [3.8, 4) is 0 Å². The molecule has 0 aliphatic heterocycles. The van der Waals surface area contributed by atoms with Crippen molar-refractivity contribution in [3.05, 3.63) is 11.9 Å². The number of aryl methyl sites for hydroxylation is 1. The van der Waals surface area contributed by atoms with Crippen LogP contribution in [-0.2, 0) is 16.1 Å². The lowest BCUT2D eigenvalue weighted by Crippen LogP contribution is -2.42. The molecule has 0 bridgehead atoms. The largest absolute Gasteiger partial charge is 0.444 e. The number of rotatable bonds is 4. The Morgan fingerprint density at radius 2 is 2.11 bits per heavy atom. The molecule has 1 N–H and O–H groups in total. The van der Waals surface area contributed by atoms with Gasteiger partial charge in [-0.15, -0.1) is 5.10 Å². The van der Waals surface area contributed by atoms with Gasteiger partial charge in [-0.05, 0) is 34.6 Å². The first-order valence-electron chi connectivity index (χ1n) is 6.06. The van der Waals surface area contributed by atoms with Crippen molar-refractivity contribution in [3.63, 3.8) is 0 Å². The van der Waals surface area contributed by atoms with Crippen LogP contribution < -0.4 is 5.32 Å². The van der Waals surface area contributed by atoms with Crippen LogP contribution in [-0.4, -0.2) is 38.5 Å². The van der Waals surface area contributed by atoms with E-state index in [1.807, 2.05) is 0 Å². The number of nitrogens with zero attached hydrogens (tertiary/aromatic N) is 3. The average Bonchev–Trinajstić information content (AvgIpc) is 2.60. The number of carbonyl (C=O) groups excluding carboxylic acids is 2. The first kappa shape index (κ1) is 15.1. The van der Waals surface area contributed by atoms with Crippen LogP contribution in [0.15, 0.2) is 6.20 Å². The summed E-state index contributed by atoms with van der Waals surface area (Å²) in [5.41, 5.74) is 0.149. The van der Waals surface area contributed by atoms with Gasteiger partial charge in [-0.2, -0.15) is 0 Å². The van der Waals surface area contributed by atoms with Gasteiger partial charge >= 0.3 is 6.09 Å².